The standard InChI is InChI=1S/C16H20FNO3/c1-21-15-8-6-11(10-12(15)17)7-9-16(20)18-13-4-2-3-5-14(13)19/h6-10,13-14,19H,2-5H2,1H3,(H,18,20). The molecule has 2 atom stereocenters. The van der Waals surface area contributed by atoms with E-state index in [4.69, 9.17) is 4.74 Å². The van der Waals surface area contributed by atoms with Crippen LogP contribution >= 0.6 is 0 Å². The summed E-state index contributed by atoms with van der Waals surface area (Å²) in [5.41, 5.74) is 0.577. The minimum Gasteiger partial charge on any atom is -0.494 e. The number of halogens is 1. The molecule has 0 spiro atoms. The predicted octanol–water partition coefficient (Wildman–Crippen LogP) is 2.27. The first-order chi connectivity index (χ1) is 10.1. The topological polar surface area (TPSA) is 58.6 Å². The Bertz CT molecular complexity index is 530. The van der Waals surface area contributed by atoms with Gasteiger partial charge in [0.15, 0.2) is 11.6 Å². The maximum Gasteiger partial charge on any atom is 0.244 e. The first kappa shape index (κ1) is 15.5. The van der Waals surface area contributed by atoms with Gasteiger partial charge in [0.25, 0.3) is 0 Å². The van der Waals surface area contributed by atoms with E-state index in [1.165, 1.54) is 31.4 Å². The Morgan fingerprint density at radius 2 is 2.19 bits per heavy atom. The third-order valence-corrected chi connectivity index (χ3v) is 3.66. The fourth-order valence-electron chi connectivity index (χ4n) is 2.47. The van der Waals surface area contributed by atoms with E-state index < -0.39 is 11.9 Å². The lowest BCUT2D eigenvalue weighted by atomic mass is 9.92. The molecular weight excluding hydrogens is 273 g/mol. The van der Waals surface area contributed by atoms with Crippen LogP contribution in [0.25, 0.3) is 6.08 Å². The lowest BCUT2D eigenvalue weighted by Crippen LogP contribution is -2.44. The van der Waals surface area contributed by atoms with E-state index in [-0.39, 0.29) is 17.7 Å². The van der Waals surface area contributed by atoms with Gasteiger partial charge in [-0.15, -0.1) is 0 Å². The molecule has 1 aromatic carbocycles. The Morgan fingerprint density at radius 3 is 2.86 bits per heavy atom. The van der Waals surface area contributed by atoms with Gasteiger partial charge in [0, 0.05) is 6.08 Å². The molecule has 4 nitrogen and oxygen atoms in total. The van der Waals surface area contributed by atoms with Gasteiger partial charge < -0.3 is 15.2 Å². The van der Waals surface area contributed by atoms with Crippen LogP contribution in [0.1, 0.15) is 31.2 Å². The number of amides is 1. The summed E-state index contributed by atoms with van der Waals surface area (Å²) < 4.78 is 18.3. The highest BCUT2D eigenvalue weighted by atomic mass is 19.1. The van der Waals surface area contributed by atoms with E-state index >= 15 is 0 Å². The Kier molecular flexibility index (Phi) is 5.33. The Hall–Kier alpha value is -1.88. The summed E-state index contributed by atoms with van der Waals surface area (Å²) in [7, 11) is 1.40. The first-order valence-electron chi connectivity index (χ1n) is 7.10. The van der Waals surface area contributed by atoms with Crippen molar-refractivity contribution in [3.05, 3.63) is 35.7 Å². The Balaban J connectivity index is 1.94. The molecule has 0 aromatic heterocycles. The summed E-state index contributed by atoms with van der Waals surface area (Å²) in [6.45, 7) is 0. The second-order valence-corrected chi connectivity index (χ2v) is 5.19. The van der Waals surface area contributed by atoms with Crippen LogP contribution in [0.15, 0.2) is 24.3 Å². The number of carbonyl (C=O) groups excluding carboxylic acids is 1. The molecule has 1 saturated carbocycles. The highest BCUT2D eigenvalue weighted by molar-refractivity contribution is 5.91. The van der Waals surface area contributed by atoms with E-state index in [0.717, 1.165) is 25.7 Å². The molecule has 1 amide bonds. The highest BCUT2D eigenvalue weighted by Crippen LogP contribution is 2.19. The van der Waals surface area contributed by atoms with Crippen molar-refractivity contribution in [1.29, 1.82) is 0 Å². The molecule has 1 fully saturated rings. The molecule has 2 rings (SSSR count). The average Bonchev–Trinajstić information content (AvgIpc) is 2.48. The minimum absolute atomic E-state index is 0.168. The zero-order chi connectivity index (χ0) is 15.2. The fraction of sp³-hybridized carbons (Fsp3) is 0.438. The van der Waals surface area contributed by atoms with Gasteiger partial charge in [-0.25, -0.2) is 4.39 Å². The summed E-state index contributed by atoms with van der Waals surface area (Å²) in [6.07, 6.45) is 5.92. The number of ether oxygens (including phenoxy) is 1. The third-order valence-electron chi connectivity index (χ3n) is 3.66. The van der Waals surface area contributed by atoms with E-state index in [9.17, 15) is 14.3 Å². The van der Waals surface area contributed by atoms with Gasteiger partial charge in [-0.2, -0.15) is 0 Å². The largest absolute Gasteiger partial charge is 0.494 e. The molecule has 0 bridgehead atoms. The summed E-state index contributed by atoms with van der Waals surface area (Å²) >= 11 is 0. The summed E-state index contributed by atoms with van der Waals surface area (Å²) in [4.78, 5) is 11.8. The molecule has 2 unspecified atom stereocenters. The van der Waals surface area contributed by atoms with Gasteiger partial charge in [0.1, 0.15) is 0 Å². The molecule has 114 valence electrons. The van der Waals surface area contributed by atoms with Crippen LogP contribution in [0.5, 0.6) is 5.75 Å². The minimum atomic E-state index is -0.477. The number of carbonyl (C=O) groups is 1. The Morgan fingerprint density at radius 1 is 1.43 bits per heavy atom. The number of aliphatic hydroxyl groups excluding tert-OH is 1. The molecular formula is C16H20FNO3. The van der Waals surface area contributed by atoms with Crippen LogP contribution in [0.4, 0.5) is 4.39 Å². The molecule has 1 aliphatic carbocycles. The molecule has 5 heteroatoms. The van der Waals surface area contributed by atoms with Crippen molar-refractivity contribution < 1.29 is 19.0 Å². The van der Waals surface area contributed by atoms with Crippen molar-refractivity contribution in [2.75, 3.05) is 7.11 Å². The van der Waals surface area contributed by atoms with Crippen molar-refractivity contribution >= 4 is 12.0 Å². The Labute approximate surface area is 123 Å². The van der Waals surface area contributed by atoms with E-state index in [1.807, 2.05) is 0 Å². The SMILES string of the molecule is COc1ccc(C=CC(=O)NC2CCCCC2O)cc1F. The maximum atomic E-state index is 13.5. The van der Waals surface area contributed by atoms with Crippen LogP contribution in [-0.4, -0.2) is 30.3 Å². The van der Waals surface area contributed by atoms with E-state index in [0.29, 0.717) is 5.56 Å². The normalized spacial score (nSPS) is 22.2. The summed E-state index contributed by atoms with van der Waals surface area (Å²) in [5, 5.41) is 12.6. The first-order valence-corrected chi connectivity index (χ1v) is 7.10. The van der Waals surface area contributed by atoms with Gasteiger partial charge in [0.2, 0.25) is 5.91 Å². The van der Waals surface area contributed by atoms with Crippen molar-refractivity contribution in [2.24, 2.45) is 0 Å². The molecule has 2 N–H and O–H groups in total. The fourth-order valence-corrected chi connectivity index (χ4v) is 2.47. The number of hydrogen-bond donors (Lipinski definition) is 2. The van der Waals surface area contributed by atoms with Crippen LogP contribution in [0.3, 0.4) is 0 Å². The number of benzene rings is 1. The highest BCUT2D eigenvalue weighted by Gasteiger charge is 2.23. The number of methoxy groups -OCH3 is 1. The van der Waals surface area contributed by atoms with Gasteiger partial charge >= 0.3 is 0 Å². The zero-order valence-corrected chi connectivity index (χ0v) is 12.0. The van der Waals surface area contributed by atoms with Gasteiger partial charge in [-0.1, -0.05) is 18.9 Å². The summed E-state index contributed by atoms with van der Waals surface area (Å²) in [6, 6.07) is 4.29. The smallest absolute Gasteiger partial charge is 0.244 e. The van der Waals surface area contributed by atoms with Gasteiger partial charge in [-0.05, 0) is 36.6 Å². The van der Waals surface area contributed by atoms with Gasteiger partial charge in [0.05, 0.1) is 19.3 Å². The second kappa shape index (κ2) is 7.22. The van der Waals surface area contributed by atoms with E-state index in [2.05, 4.69) is 5.32 Å². The molecule has 1 aromatic rings. The predicted molar refractivity (Wildman–Crippen MR) is 78.4 cm³/mol. The quantitative estimate of drug-likeness (QED) is 0.837. The van der Waals surface area contributed by atoms with Crippen molar-refractivity contribution in [3.63, 3.8) is 0 Å². The molecule has 0 heterocycles. The number of nitrogens with one attached hydrogen (secondary N) is 1. The number of hydrogen-bond acceptors (Lipinski definition) is 3. The molecule has 0 radical (unpaired) electrons. The molecule has 0 saturated heterocycles. The number of rotatable bonds is 4. The monoisotopic (exact) mass is 293 g/mol. The summed E-state index contributed by atoms with van der Waals surface area (Å²) in [5.74, 6) is -0.582. The lowest BCUT2D eigenvalue weighted by Gasteiger charge is -2.27. The van der Waals surface area contributed by atoms with Crippen LogP contribution in [0, 0.1) is 5.82 Å². The van der Waals surface area contributed by atoms with Crippen LogP contribution in [-0.2, 0) is 4.79 Å². The third kappa shape index (κ3) is 4.29. The number of aliphatic hydroxyl groups is 1. The van der Waals surface area contributed by atoms with Crippen molar-refractivity contribution in [2.45, 2.75) is 37.8 Å². The molecule has 21 heavy (non-hydrogen) atoms. The van der Waals surface area contributed by atoms with E-state index in [1.54, 1.807) is 6.07 Å². The van der Waals surface area contributed by atoms with Crippen molar-refractivity contribution in [3.8, 4) is 5.75 Å². The second-order valence-electron chi connectivity index (χ2n) is 5.19. The van der Waals surface area contributed by atoms with Crippen LogP contribution in [0.2, 0.25) is 0 Å². The average molecular weight is 293 g/mol. The molecule has 0 aliphatic heterocycles. The van der Waals surface area contributed by atoms with Crippen molar-refractivity contribution in [1.82, 2.24) is 5.32 Å². The lowest BCUT2D eigenvalue weighted by molar-refractivity contribution is -0.118. The maximum absolute atomic E-state index is 13.5. The van der Waals surface area contributed by atoms with Gasteiger partial charge in [-0.3, -0.25) is 4.79 Å². The zero-order valence-electron chi connectivity index (χ0n) is 12.0. The van der Waals surface area contributed by atoms with Crippen LogP contribution < -0.4 is 10.1 Å². The molecule has 1 aliphatic rings.